The van der Waals surface area contributed by atoms with Crippen LogP contribution in [0, 0.1) is 27.7 Å². The zero-order valence-corrected chi connectivity index (χ0v) is 15.4. The number of benzene rings is 1. The van der Waals surface area contributed by atoms with E-state index in [1.54, 1.807) is 20.8 Å². The largest absolute Gasteiger partial charge is 0.481 e. The van der Waals surface area contributed by atoms with Crippen molar-refractivity contribution in [2.75, 3.05) is 6.54 Å². The quantitative estimate of drug-likeness (QED) is 0.871. The van der Waals surface area contributed by atoms with E-state index in [0.29, 0.717) is 24.4 Å². The fourth-order valence-corrected chi connectivity index (χ4v) is 2.37. The van der Waals surface area contributed by atoms with Crippen LogP contribution in [0.25, 0.3) is 0 Å². The van der Waals surface area contributed by atoms with Gasteiger partial charge in [0.1, 0.15) is 5.75 Å². The molecule has 0 spiro atoms. The minimum absolute atomic E-state index is 0.0820. The molecule has 1 heterocycles. The molecular formula is C19H25N3O3. The van der Waals surface area contributed by atoms with E-state index in [4.69, 9.17) is 4.74 Å². The first-order valence-electron chi connectivity index (χ1n) is 8.34. The number of hydrogen-bond donors (Lipinski definition) is 1. The molecule has 0 radical (unpaired) electrons. The van der Waals surface area contributed by atoms with Gasteiger partial charge in [0.25, 0.3) is 11.5 Å². The Hall–Kier alpha value is -2.63. The molecule has 0 aliphatic heterocycles. The van der Waals surface area contributed by atoms with Crippen molar-refractivity contribution in [3.63, 3.8) is 0 Å². The Labute approximate surface area is 147 Å². The van der Waals surface area contributed by atoms with Crippen molar-refractivity contribution in [2.45, 2.75) is 47.3 Å². The average Bonchev–Trinajstić information content (AvgIpc) is 2.58. The predicted octanol–water partition coefficient (Wildman–Crippen LogP) is 2.06. The first-order chi connectivity index (χ1) is 11.8. The van der Waals surface area contributed by atoms with Crippen LogP contribution < -0.4 is 15.6 Å². The number of aryl methyl sites for hydroxylation is 2. The fourth-order valence-electron chi connectivity index (χ4n) is 2.37. The van der Waals surface area contributed by atoms with Gasteiger partial charge in [0.05, 0.1) is 6.33 Å². The second kappa shape index (κ2) is 7.96. The number of carbonyl (C=O) groups is 1. The van der Waals surface area contributed by atoms with E-state index in [0.717, 1.165) is 16.8 Å². The predicted molar refractivity (Wildman–Crippen MR) is 97.0 cm³/mol. The molecule has 1 atom stereocenters. The molecule has 2 rings (SSSR count). The van der Waals surface area contributed by atoms with Gasteiger partial charge in [-0.3, -0.25) is 14.2 Å². The molecule has 1 aromatic carbocycles. The maximum atomic E-state index is 12.2. The van der Waals surface area contributed by atoms with Crippen molar-refractivity contribution >= 4 is 5.91 Å². The molecule has 1 unspecified atom stereocenters. The molecule has 6 heteroatoms. The summed E-state index contributed by atoms with van der Waals surface area (Å²) in [5.74, 6) is 0.489. The summed E-state index contributed by atoms with van der Waals surface area (Å²) in [5, 5.41) is 2.80. The molecule has 134 valence electrons. The van der Waals surface area contributed by atoms with E-state index >= 15 is 0 Å². The molecule has 0 bridgehead atoms. The van der Waals surface area contributed by atoms with Crippen molar-refractivity contribution in [3.05, 3.63) is 57.3 Å². The van der Waals surface area contributed by atoms with E-state index in [1.165, 1.54) is 10.9 Å². The Balaban J connectivity index is 1.91. The first kappa shape index (κ1) is 18.7. The molecule has 1 N–H and O–H groups in total. The lowest BCUT2D eigenvalue weighted by Crippen LogP contribution is -2.39. The van der Waals surface area contributed by atoms with Gasteiger partial charge in [-0.05, 0) is 51.8 Å². The Bertz CT molecular complexity index is 827. The van der Waals surface area contributed by atoms with Crippen LogP contribution in [-0.2, 0) is 11.3 Å². The maximum Gasteiger partial charge on any atom is 0.260 e. The third-order valence-corrected chi connectivity index (χ3v) is 4.39. The summed E-state index contributed by atoms with van der Waals surface area (Å²) >= 11 is 0. The molecule has 25 heavy (non-hydrogen) atoms. The Morgan fingerprint density at radius 2 is 1.96 bits per heavy atom. The van der Waals surface area contributed by atoms with Crippen LogP contribution in [-0.4, -0.2) is 28.1 Å². The summed E-state index contributed by atoms with van der Waals surface area (Å²) in [6.45, 7) is 9.94. The summed E-state index contributed by atoms with van der Waals surface area (Å²) < 4.78 is 7.26. The highest BCUT2D eigenvalue weighted by molar-refractivity contribution is 5.80. The molecule has 0 fully saturated rings. The number of rotatable bonds is 6. The lowest BCUT2D eigenvalue weighted by Gasteiger charge is -2.17. The normalized spacial score (nSPS) is 11.9. The van der Waals surface area contributed by atoms with Gasteiger partial charge in [0.2, 0.25) is 0 Å². The van der Waals surface area contributed by atoms with Crippen molar-refractivity contribution in [3.8, 4) is 5.75 Å². The number of amides is 1. The third kappa shape index (κ3) is 4.47. The molecule has 0 saturated carbocycles. The van der Waals surface area contributed by atoms with E-state index in [9.17, 15) is 9.59 Å². The molecule has 0 saturated heterocycles. The number of nitrogens with zero attached hydrogens (tertiary/aromatic N) is 2. The zero-order valence-electron chi connectivity index (χ0n) is 15.4. The Morgan fingerprint density at radius 3 is 2.68 bits per heavy atom. The third-order valence-electron chi connectivity index (χ3n) is 4.39. The summed E-state index contributed by atoms with van der Waals surface area (Å²) in [4.78, 5) is 28.5. The van der Waals surface area contributed by atoms with Crippen molar-refractivity contribution in [2.24, 2.45) is 0 Å². The van der Waals surface area contributed by atoms with Crippen LogP contribution in [0.5, 0.6) is 5.75 Å². The second-order valence-electron chi connectivity index (χ2n) is 6.20. The zero-order chi connectivity index (χ0) is 18.6. The number of carbonyl (C=O) groups excluding carboxylic acids is 1. The lowest BCUT2D eigenvalue weighted by atomic mass is 10.1. The second-order valence-corrected chi connectivity index (χ2v) is 6.20. The van der Waals surface area contributed by atoms with E-state index < -0.39 is 6.10 Å². The molecule has 1 amide bonds. The number of nitrogens with one attached hydrogen (secondary N) is 1. The van der Waals surface area contributed by atoms with Crippen molar-refractivity contribution in [1.82, 2.24) is 14.9 Å². The smallest absolute Gasteiger partial charge is 0.260 e. The van der Waals surface area contributed by atoms with Gasteiger partial charge in [-0.25, -0.2) is 4.98 Å². The van der Waals surface area contributed by atoms with Crippen LogP contribution in [0.1, 0.15) is 29.3 Å². The lowest BCUT2D eigenvalue weighted by molar-refractivity contribution is -0.127. The standard InChI is InChI=1S/C19H25N3O3/c1-12-7-6-8-17(13(12)2)25-16(5)18(23)20-9-10-22-11-21-15(4)14(3)19(22)24/h6-8,11,16H,9-10H2,1-5H3,(H,20,23). The van der Waals surface area contributed by atoms with Crippen molar-refractivity contribution in [1.29, 1.82) is 0 Å². The van der Waals surface area contributed by atoms with E-state index in [1.807, 2.05) is 32.0 Å². The molecule has 0 aliphatic carbocycles. The summed E-state index contributed by atoms with van der Waals surface area (Å²) in [6.07, 6.45) is 0.891. The van der Waals surface area contributed by atoms with Gasteiger partial charge in [0, 0.05) is 24.3 Å². The van der Waals surface area contributed by atoms with Crippen LogP contribution in [0.3, 0.4) is 0 Å². The Kier molecular flexibility index (Phi) is 5.96. The minimum Gasteiger partial charge on any atom is -0.481 e. The summed E-state index contributed by atoms with van der Waals surface area (Å²) in [7, 11) is 0. The van der Waals surface area contributed by atoms with Crippen LogP contribution in [0.2, 0.25) is 0 Å². The SMILES string of the molecule is Cc1cccc(OC(C)C(=O)NCCn2cnc(C)c(C)c2=O)c1C. The molecular weight excluding hydrogens is 318 g/mol. The van der Waals surface area contributed by atoms with Gasteiger partial charge >= 0.3 is 0 Å². The molecule has 1 aromatic heterocycles. The van der Waals surface area contributed by atoms with Gasteiger partial charge in [-0.2, -0.15) is 0 Å². The van der Waals surface area contributed by atoms with Crippen LogP contribution in [0.4, 0.5) is 0 Å². The highest BCUT2D eigenvalue weighted by Crippen LogP contribution is 2.21. The topological polar surface area (TPSA) is 73.2 Å². The summed E-state index contributed by atoms with van der Waals surface area (Å²) in [6, 6.07) is 5.76. The van der Waals surface area contributed by atoms with E-state index in [-0.39, 0.29) is 11.5 Å². The Morgan fingerprint density at radius 1 is 1.24 bits per heavy atom. The molecule has 2 aromatic rings. The van der Waals surface area contributed by atoms with Crippen molar-refractivity contribution < 1.29 is 9.53 Å². The number of ether oxygens (including phenoxy) is 1. The van der Waals surface area contributed by atoms with Crippen LogP contribution in [0.15, 0.2) is 29.3 Å². The highest BCUT2D eigenvalue weighted by atomic mass is 16.5. The van der Waals surface area contributed by atoms with Crippen LogP contribution >= 0.6 is 0 Å². The monoisotopic (exact) mass is 343 g/mol. The van der Waals surface area contributed by atoms with Gasteiger partial charge in [-0.1, -0.05) is 12.1 Å². The number of aromatic nitrogens is 2. The minimum atomic E-state index is -0.616. The fraction of sp³-hybridized carbons (Fsp3) is 0.421. The van der Waals surface area contributed by atoms with E-state index in [2.05, 4.69) is 10.3 Å². The van der Waals surface area contributed by atoms with Gasteiger partial charge in [0.15, 0.2) is 6.10 Å². The highest BCUT2D eigenvalue weighted by Gasteiger charge is 2.15. The molecule has 6 nitrogen and oxygen atoms in total. The average molecular weight is 343 g/mol. The molecule has 0 aliphatic rings. The first-order valence-corrected chi connectivity index (χ1v) is 8.34. The van der Waals surface area contributed by atoms with Gasteiger partial charge < -0.3 is 10.1 Å². The number of hydrogen-bond acceptors (Lipinski definition) is 4. The maximum absolute atomic E-state index is 12.2. The van der Waals surface area contributed by atoms with Gasteiger partial charge in [-0.15, -0.1) is 0 Å². The summed E-state index contributed by atoms with van der Waals surface area (Å²) in [5.41, 5.74) is 3.41.